The number of hydrogen-bond acceptors (Lipinski definition) is 3. The van der Waals surface area contributed by atoms with Crippen molar-refractivity contribution in [2.24, 2.45) is 5.92 Å². The molecule has 0 aromatic heterocycles. The molecule has 1 aliphatic heterocycles. The minimum Gasteiger partial charge on any atom is -0.486 e. The third-order valence-electron chi connectivity index (χ3n) is 3.73. The molecule has 0 bridgehead atoms. The Morgan fingerprint density at radius 1 is 1.29 bits per heavy atom. The van der Waals surface area contributed by atoms with Gasteiger partial charge >= 0.3 is 12.0 Å². The molecule has 1 aliphatic rings. The van der Waals surface area contributed by atoms with Crippen molar-refractivity contribution in [2.45, 2.75) is 39.2 Å². The number of rotatable bonds is 3. The summed E-state index contributed by atoms with van der Waals surface area (Å²) in [6.45, 7) is 6.25. The molecule has 0 saturated carbocycles. The van der Waals surface area contributed by atoms with Gasteiger partial charge in [0.1, 0.15) is 17.2 Å². The average molecular weight is 338 g/mol. The van der Waals surface area contributed by atoms with Gasteiger partial charge < -0.3 is 20.1 Å². The molecule has 1 aromatic carbocycles. The summed E-state index contributed by atoms with van der Waals surface area (Å²) < 4.78 is 19.2. The summed E-state index contributed by atoms with van der Waals surface area (Å²) in [5, 5.41) is 11.7. The minimum absolute atomic E-state index is 0.260. The minimum atomic E-state index is -0.825. The Balaban J connectivity index is 2.05. The summed E-state index contributed by atoms with van der Waals surface area (Å²) in [5.74, 6) is -1.42. The average Bonchev–Trinajstić information content (AvgIpc) is 2.48. The van der Waals surface area contributed by atoms with Crippen molar-refractivity contribution in [3.05, 3.63) is 24.0 Å². The van der Waals surface area contributed by atoms with Crippen LogP contribution < -0.4 is 10.1 Å². The molecule has 7 heteroatoms. The molecule has 1 saturated heterocycles. The number of piperidine rings is 1. The Bertz CT molecular complexity index is 620. The van der Waals surface area contributed by atoms with Gasteiger partial charge in [-0.3, -0.25) is 4.79 Å². The van der Waals surface area contributed by atoms with Gasteiger partial charge in [-0.1, -0.05) is 0 Å². The van der Waals surface area contributed by atoms with Crippen molar-refractivity contribution in [3.8, 4) is 5.75 Å². The second-order valence-electron chi connectivity index (χ2n) is 6.88. The van der Waals surface area contributed by atoms with Gasteiger partial charge in [0, 0.05) is 19.2 Å². The Labute approximate surface area is 140 Å². The highest BCUT2D eigenvalue weighted by molar-refractivity contribution is 5.91. The molecule has 0 radical (unpaired) electrons. The van der Waals surface area contributed by atoms with E-state index in [9.17, 15) is 14.0 Å². The normalized spacial score (nSPS) is 15.9. The molecule has 132 valence electrons. The van der Waals surface area contributed by atoms with Crippen molar-refractivity contribution in [2.75, 3.05) is 18.4 Å². The number of carboxylic acid groups (broad SMARTS) is 1. The van der Waals surface area contributed by atoms with Gasteiger partial charge in [-0.2, -0.15) is 0 Å². The Hall–Kier alpha value is -2.31. The number of halogens is 1. The highest BCUT2D eigenvalue weighted by atomic mass is 19.1. The first-order valence-corrected chi connectivity index (χ1v) is 7.93. The fourth-order valence-corrected chi connectivity index (χ4v) is 2.54. The number of benzene rings is 1. The molecule has 2 N–H and O–H groups in total. The molecule has 0 atom stereocenters. The van der Waals surface area contributed by atoms with Crippen molar-refractivity contribution in [3.63, 3.8) is 0 Å². The molecule has 24 heavy (non-hydrogen) atoms. The lowest BCUT2D eigenvalue weighted by Crippen LogP contribution is -2.42. The van der Waals surface area contributed by atoms with Crippen LogP contribution in [0.5, 0.6) is 5.75 Å². The number of carbonyl (C=O) groups is 2. The van der Waals surface area contributed by atoms with Crippen LogP contribution in [-0.2, 0) is 4.79 Å². The van der Waals surface area contributed by atoms with E-state index in [1.165, 1.54) is 18.2 Å². The fraction of sp³-hybridized carbons (Fsp3) is 0.529. The molecule has 2 rings (SSSR count). The number of urea groups is 1. The fourth-order valence-electron chi connectivity index (χ4n) is 2.54. The number of nitrogens with zero attached hydrogens (tertiary/aromatic N) is 1. The van der Waals surface area contributed by atoms with E-state index in [1.807, 2.05) is 20.8 Å². The summed E-state index contributed by atoms with van der Waals surface area (Å²) in [7, 11) is 0. The second-order valence-corrected chi connectivity index (χ2v) is 6.88. The van der Waals surface area contributed by atoms with Crippen molar-refractivity contribution in [1.29, 1.82) is 0 Å². The van der Waals surface area contributed by atoms with Crippen molar-refractivity contribution in [1.82, 2.24) is 4.90 Å². The maximum atomic E-state index is 13.5. The third kappa shape index (κ3) is 4.84. The van der Waals surface area contributed by atoms with Gasteiger partial charge in [0.05, 0.1) is 11.6 Å². The Morgan fingerprint density at radius 2 is 1.92 bits per heavy atom. The van der Waals surface area contributed by atoms with E-state index in [0.717, 1.165) is 0 Å². The molecule has 0 unspecified atom stereocenters. The largest absolute Gasteiger partial charge is 0.486 e. The van der Waals surface area contributed by atoms with Gasteiger partial charge in [-0.15, -0.1) is 0 Å². The molecule has 2 amide bonds. The predicted molar refractivity (Wildman–Crippen MR) is 87.7 cm³/mol. The molecular formula is C17H23FN2O4. The summed E-state index contributed by atoms with van der Waals surface area (Å²) >= 11 is 0. The van der Waals surface area contributed by atoms with Crippen LogP contribution >= 0.6 is 0 Å². The summed E-state index contributed by atoms with van der Waals surface area (Å²) in [5.41, 5.74) is -0.149. The zero-order valence-electron chi connectivity index (χ0n) is 14.1. The van der Waals surface area contributed by atoms with Gasteiger partial charge in [-0.05, 0) is 45.7 Å². The lowest BCUT2D eigenvalue weighted by atomic mass is 9.97. The number of anilines is 1. The van der Waals surface area contributed by atoms with Crippen LogP contribution in [0.2, 0.25) is 0 Å². The second kappa shape index (κ2) is 7.07. The van der Waals surface area contributed by atoms with Crippen LogP contribution in [0.1, 0.15) is 33.6 Å². The maximum Gasteiger partial charge on any atom is 0.321 e. The summed E-state index contributed by atoms with van der Waals surface area (Å²) in [6, 6.07) is 3.60. The number of nitrogens with one attached hydrogen (secondary N) is 1. The van der Waals surface area contributed by atoms with E-state index in [4.69, 9.17) is 9.84 Å². The third-order valence-corrected chi connectivity index (χ3v) is 3.73. The zero-order chi connectivity index (χ0) is 17.9. The van der Waals surface area contributed by atoms with Crippen LogP contribution in [0.15, 0.2) is 18.2 Å². The highest BCUT2D eigenvalue weighted by Gasteiger charge is 2.27. The van der Waals surface area contributed by atoms with Crippen LogP contribution in [0.3, 0.4) is 0 Å². The molecule has 0 spiro atoms. The van der Waals surface area contributed by atoms with Crippen LogP contribution in [0, 0.1) is 11.7 Å². The molecule has 1 fully saturated rings. The van der Waals surface area contributed by atoms with Gasteiger partial charge in [-0.25, -0.2) is 9.18 Å². The topological polar surface area (TPSA) is 78.9 Å². The number of carbonyl (C=O) groups excluding carboxylic acids is 1. The van der Waals surface area contributed by atoms with Crippen LogP contribution in [0.25, 0.3) is 0 Å². The number of hydrogen-bond donors (Lipinski definition) is 2. The van der Waals surface area contributed by atoms with Gasteiger partial charge in [0.2, 0.25) is 0 Å². The molecule has 1 aromatic rings. The Kier molecular flexibility index (Phi) is 5.31. The zero-order valence-corrected chi connectivity index (χ0v) is 14.1. The highest BCUT2D eigenvalue weighted by Crippen LogP contribution is 2.29. The van der Waals surface area contributed by atoms with Gasteiger partial charge in [0.15, 0.2) is 0 Å². The first kappa shape index (κ1) is 18.0. The van der Waals surface area contributed by atoms with Gasteiger partial charge in [0.25, 0.3) is 0 Å². The summed E-state index contributed by atoms with van der Waals surface area (Å²) in [6.07, 6.45) is 0.856. The smallest absolute Gasteiger partial charge is 0.321 e. The molecule has 6 nitrogen and oxygen atoms in total. The number of likely N-dealkylation sites (tertiary alicyclic amines) is 1. The van der Waals surface area contributed by atoms with Crippen LogP contribution in [0.4, 0.5) is 14.9 Å². The maximum absolute atomic E-state index is 13.5. The summed E-state index contributed by atoms with van der Waals surface area (Å²) in [4.78, 5) is 24.9. The first-order chi connectivity index (χ1) is 11.2. The SMILES string of the molecule is CC(C)(C)Oc1cc(F)ccc1NC(=O)N1CCC(C(=O)O)CC1. The molecule has 1 heterocycles. The van der Waals surface area contributed by atoms with Crippen molar-refractivity contribution < 1.29 is 23.8 Å². The first-order valence-electron chi connectivity index (χ1n) is 7.93. The van der Waals surface area contributed by atoms with E-state index in [2.05, 4.69) is 5.32 Å². The number of carboxylic acids is 1. The molecule has 0 aliphatic carbocycles. The van der Waals surface area contributed by atoms with Crippen molar-refractivity contribution >= 4 is 17.7 Å². The number of ether oxygens (including phenoxy) is 1. The van der Waals surface area contributed by atoms with Crippen LogP contribution in [-0.4, -0.2) is 40.7 Å². The van der Waals surface area contributed by atoms with E-state index < -0.39 is 23.3 Å². The van der Waals surface area contributed by atoms with E-state index >= 15 is 0 Å². The lowest BCUT2D eigenvalue weighted by molar-refractivity contribution is -0.143. The van der Waals surface area contributed by atoms with E-state index in [1.54, 1.807) is 4.90 Å². The van der Waals surface area contributed by atoms with E-state index in [0.29, 0.717) is 31.6 Å². The van der Waals surface area contributed by atoms with E-state index in [-0.39, 0.29) is 11.8 Å². The lowest BCUT2D eigenvalue weighted by Gasteiger charge is -2.30. The number of aliphatic carboxylic acids is 1. The standard InChI is InChI=1S/C17H23FN2O4/c1-17(2,3)24-14-10-12(18)4-5-13(14)19-16(23)20-8-6-11(7-9-20)15(21)22/h4-5,10-11H,6-9H2,1-3H3,(H,19,23)(H,21,22). The number of amides is 2. The molecular weight excluding hydrogens is 315 g/mol. The Morgan fingerprint density at radius 3 is 2.46 bits per heavy atom. The predicted octanol–water partition coefficient (Wildman–Crippen LogP) is 3.33. The monoisotopic (exact) mass is 338 g/mol. The quantitative estimate of drug-likeness (QED) is 0.886.